The van der Waals surface area contributed by atoms with Gasteiger partial charge in [0.1, 0.15) is 5.56 Å². The molecule has 3 aromatic rings. The Balaban J connectivity index is 2.02. The summed E-state index contributed by atoms with van der Waals surface area (Å²) in [5.41, 5.74) is 3.31. The Labute approximate surface area is 137 Å². The first-order valence-electron chi connectivity index (χ1n) is 7.24. The fourth-order valence-electron chi connectivity index (χ4n) is 2.58. The van der Waals surface area contributed by atoms with Crippen molar-refractivity contribution in [3.8, 4) is 0 Å². The standard InChI is InChI=1S/C17H17N3O2S/c1-9-5-10(2)7-13(6-9)19-15(21)14-8-18-17-20(16(14)22)11(3)12(4)23-17/h5-8H,1-4H3,(H,19,21). The van der Waals surface area contributed by atoms with Gasteiger partial charge in [-0.15, -0.1) is 11.3 Å². The molecule has 0 atom stereocenters. The second kappa shape index (κ2) is 5.62. The third-order valence-electron chi connectivity index (χ3n) is 3.74. The number of thiazole rings is 1. The summed E-state index contributed by atoms with van der Waals surface area (Å²) in [7, 11) is 0. The molecule has 0 saturated heterocycles. The molecule has 2 aromatic heterocycles. The van der Waals surface area contributed by atoms with Crippen LogP contribution < -0.4 is 10.9 Å². The van der Waals surface area contributed by atoms with Gasteiger partial charge in [0.15, 0.2) is 4.96 Å². The Morgan fingerprint density at radius 2 is 1.78 bits per heavy atom. The molecule has 118 valence electrons. The molecule has 0 radical (unpaired) electrons. The van der Waals surface area contributed by atoms with Gasteiger partial charge in [-0.05, 0) is 51.0 Å². The first-order valence-corrected chi connectivity index (χ1v) is 8.06. The molecule has 1 N–H and O–H groups in total. The molecule has 3 rings (SSSR count). The number of nitrogens with zero attached hydrogens (tertiary/aromatic N) is 2. The number of hydrogen-bond donors (Lipinski definition) is 1. The van der Waals surface area contributed by atoms with Crippen LogP contribution in [0.15, 0.2) is 29.2 Å². The molecule has 5 nitrogen and oxygen atoms in total. The van der Waals surface area contributed by atoms with Gasteiger partial charge < -0.3 is 5.32 Å². The van der Waals surface area contributed by atoms with Crippen LogP contribution >= 0.6 is 11.3 Å². The molecule has 2 heterocycles. The van der Waals surface area contributed by atoms with Crippen LogP contribution in [-0.2, 0) is 0 Å². The topological polar surface area (TPSA) is 63.5 Å². The van der Waals surface area contributed by atoms with E-state index in [0.717, 1.165) is 21.7 Å². The lowest BCUT2D eigenvalue weighted by Crippen LogP contribution is -2.26. The SMILES string of the molecule is Cc1cc(C)cc(NC(=O)c2cnc3sc(C)c(C)n3c2=O)c1. The van der Waals surface area contributed by atoms with E-state index >= 15 is 0 Å². The zero-order valence-electron chi connectivity index (χ0n) is 13.4. The largest absolute Gasteiger partial charge is 0.322 e. The Hall–Kier alpha value is -2.47. The number of hydrogen-bond acceptors (Lipinski definition) is 4. The molecule has 0 spiro atoms. The first kappa shape index (κ1) is 15.4. The predicted molar refractivity (Wildman–Crippen MR) is 92.7 cm³/mol. The maximum Gasteiger partial charge on any atom is 0.271 e. The van der Waals surface area contributed by atoms with Crippen molar-refractivity contribution in [2.45, 2.75) is 27.7 Å². The van der Waals surface area contributed by atoms with Gasteiger partial charge >= 0.3 is 0 Å². The maximum atomic E-state index is 12.6. The van der Waals surface area contributed by atoms with E-state index < -0.39 is 5.91 Å². The van der Waals surface area contributed by atoms with E-state index in [1.807, 2.05) is 45.9 Å². The molecule has 0 unspecified atom stereocenters. The number of aromatic nitrogens is 2. The van der Waals surface area contributed by atoms with Crippen molar-refractivity contribution in [1.82, 2.24) is 9.38 Å². The van der Waals surface area contributed by atoms with Gasteiger partial charge in [0.25, 0.3) is 11.5 Å². The van der Waals surface area contributed by atoms with Crippen molar-refractivity contribution in [3.05, 3.63) is 62.0 Å². The van der Waals surface area contributed by atoms with E-state index in [-0.39, 0.29) is 11.1 Å². The van der Waals surface area contributed by atoms with Crippen molar-refractivity contribution >= 4 is 27.9 Å². The highest BCUT2D eigenvalue weighted by Gasteiger charge is 2.16. The van der Waals surface area contributed by atoms with Crippen LogP contribution in [0.25, 0.3) is 4.96 Å². The van der Waals surface area contributed by atoms with Crippen LogP contribution in [0.1, 0.15) is 32.1 Å². The van der Waals surface area contributed by atoms with Crippen LogP contribution in [0.3, 0.4) is 0 Å². The van der Waals surface area contributed by atoms with Crippen molar-refractivity contribution in [1.29, 1.82) is 0 Å². The fourth-order valence-corrected chi connectivity index (χ4v) is 3.51. The molecule has 0 aliphatic rings. The summed E-state index contributed by atoms with van der Waals surface area (Å²) in [6.07, 6.45) is 1.35. The van der Waals surface area contributed by atoms with Crippen molar-refractivity contribution in [2.24, 2.45) is 0 Å². The summed E-state index contributed by atoms with van der Waals surface area (Å²) >= 11 is 1.44. The third kappa shape index (κ3) is 2.77. The summed E-state index contributed by atoms with van der Waals surface area (Å²) in [5.74, 6) is -0.440. The Bertz CT molecular complexity index is 965. The van der Waals surface area contributed by atoms with Gasteiger partial charge in [-0.25, -0.2) is 4.98 Å². The highest BCUT2D eigenvalue weighted by atomic mass is 32.1. The second-order valence-corrected chi connectivity index (χ2v) is 6.85. The molecule has 0 aliphatic heterocycles. The van der Waals surface area contributed by atoms with Crippen LogP contribution in [0.2, 0.25) is 0 Å². The fraction of sp³-hybridized carbons (Fsp3) is 0.235. The Morgan fingerprint density at radius 1 is 1.13 bits per heavy atom. The third-order valence-corrected chi connectivity index (χ3v) is 4.81. The lowest BCUT2D eigenvalue weighted by atomic mass is 10.1. The lowest BCUT2D eigenvalue weighted by molar-refractivity contribution is 0.102. The van der Waals surface area contributed by atoms with Gasteiger partial charge in [0, 0.05) is 22.5 Å². The zero-order chi connectivity index (χ0) is 16.7. The molecule has 1 amide bonds. The lowest BCUT2D eigenvalue weighted by Gasteiger charge is -2.07. The van der Waals surface area contributed by atoms with Crippen LogP contribution in [-0.4, -0.2) is 15.3 Å². The summed E-state index contributed by atoms with van der Waals surface area (Å²) < 4.78 is 1.50. The van der Waals surface area contributed by atoms with E-state index in [1.165, 1.54) is 21.9 Å². The van der Waals surface area contributed by atoms with Crippen LogP contribution in [0, 0.1) is 27.7 Å². The number of rotatable bonds is 2. The van der Waals surface area contributed by atoms with Crippen molar-refractivity contribution in [3.63, 3.8) is 0 Å². The van der Waals surface area contributed by atoms with Gasteiger partial charge in [-0.2, -0.15) is 0 Å². The van der Waals surface area contributed by atoms with Gasteiger partial charge in [-0.1, -0.05) is 6.07 Å². The predicted octanol–water partition coefficient (Wildman–Crippen LogP) is 3.24. The zero-order valence-corrected chi connectivity index (χ0v) is 14.2. The van der Waals surface area contributed by atoms with E-state index in [2.05, 4.69) is 10.3 Å². The number of fused-ring (bicyclic) bond motifs is 1. The van der Waals surface area contributed by atoms with E-state index in [0.29, 0.717) is 10.6 Å². The molecular formula is C17H17N3O2S. The number of carbonyl (C=O) groups is 1. The van der Waals surface area contributed by atoms with Crippen molar-refractivity contribution < 1.29 is 4.79 Å². The average Bonchev–Trinajstić information content (AvgIpc) is 2.73. The first-order chi connectivity index (χ1) is 10.9. The van der Waals surface area contributed by atoms with Gasteiger partial charge in [0.05, 0.1) is 0 Å². The summed E-state index contributed by atoms with van der Waals surface area (Å²) in [4.78, 5) is 30.9. The number of benzene rings is 1. The number of aryl methyl sites for hydroxylation is 4. The molecule has 6 heteroatoms. The second-order valence-electron chi connectivity index (χ2n) is 5.67. The number of amides is 1. The molecule has 23 heavy (non-hydrogen) atoms. The number of carbonyl (C=O) groups excluding carboxylic acids is 1. The minimum atomic E-state index is -0.440. The normalized spacial score (nSPS) is 11.0. The molecule has 0 fully saturated rings. The minimum absolute atomic E-state index is 0.0440. The molecule has 0 aliphatic carbocycles. The van der Waals surface area contributed by atoms with E-state index in [9.17, 15) is 9.59 Å². The Morgan fingerprint density at radius 3 is 2.43 bits per heavy atom. The molecule has 1 aromatic carbocycles. The smallest absolute Gasteiger partial charge is 0.271 e. The maximum absolute atomic E-state index is 12.6. The van der Waals surface area contributed by atoms with E-state index in [4.69, 9.17) is 0 Å². The van der Waals surface area contributed by atoms with Crippen LogP contribution in [0.5, 0.6) is 0 Å². The highest BCUT2D eigenvalue weighted by Crippen LogP contribution is 2.19. The summed E-state index contributed by atoms with van der Waals surface area (Å²) in [6.45, 7) is 7.71. The van der Waals surface area contributed by atoms with E-state index in [1.54, 1.807) is 0 Å². The molecular weight excluding hydrogens is 310 g/mol. The Kier molecular flexibility index (Phi) is 3.77. The summed E-state index contributed by atoms with van der Waals surface area (Å²) in [6, 6.07) is 5.76. The van der Waals surface area contributed by atoms with Crippen molar-refractivity contribution in [2.75, 3.05) is 5.32 Å². The average molecular weight is 327 g/mol. The highest BCUT2D eigenvalue weighted by molar-refractivity contribution is 7.17. The van der Waals surface area contributed by atoms with Gasteiger partial charge in [-0.3, -0.25) is 14.0 Å². The minimum Gasteiger partial charge on any atom is -0.322 e. The molecule has 0 bridgehead atoms. The summed E-state index contributed by atoms with van der Waals surface area (Å²) in [5, 5.41) is 2.78. The van der Waals surface area contributed by atoms with Gasteiger partial charge in [0.2, 0.25) is 0 Å². The quantitative estimate of drug-likeness (QED) is 0.786. The van der Waals surface area contributed by atoms with Crippen LogP contribution in [0.4, 0.5) is 5.69 Å². The number of anilines is 1. The monoisotopic (exact) mass is 327 g/mol. The number of nitrogens with one attached hydrogen (secondary N) is 1. The molecule has 0 saturated carbocycles.